The lowest BCUT2D eigenvalue weighted by atomic mass is 10.2. The van der Waals surface area contributed by atoms with E-state index >= 15 is 0 Å². The molecule has 21 heavy (non-hydrogen) atoms. The number of hydrogen-bond acceptors (Lipinski definition) is 5. The number of rotatable bonds is 9. The van der Waals surface area contributed by atoms with Crippen molar-refractivity contribution >= 4 is 5.82 Å². The smallest absolute Gasteiger partial charge is 0.221 e. The minimum atomic E-state index is 0.285. The van der Waals surface area contributed by atoms with Crippen LogP contribution in [-0.2, 0) is 0 Å². The van der Waals surface area contributed by atoms with E-state index in [1.165, 1.54) is 0 Å². The minimum Gasteiger partial charge on any atom is -0.476 e. The molecule has 5 nitrogen and oxygen atoms in total. The number of nitrogens with zero attached hydrogens (tertiary/aromatic N) is 3. The van der Waals surface area contributed by atoms with Crippen molar-refractivity contribution in [3.8, 4) is 5.88 Å². The van der Waals surface area contributed by atoms with Gasteiger partial charge in [-0.2, -0.15) is 4.98 Å². The monoisotopic (exact) mass is 294 g/mol. The van der Waals surface area contributed by atoms with Crippen LogP contribution in [0.5, 0.6) is 5.88 Å². The highest BCUT2D eigenvalue weighted by Crippen LogP contribution is 2.24. The van der Waals surface area contributed by atoms with Gasteiger partial charge in [0.15, 0.2) is 0 Å². The zero-order valence-electron chi connectivity index (χ0n) is 14.4. The predicted molar refractivity (Wildman–Crippen MR) is 88.3 cm³/mol. The summed E-state index contributed by atoms with van der Waals surface area (Å²) in [5.74, 6) is 2.70. The Morgan fingerprint density at radius 3 is 2.33 bits per heavy atom. The van der Waals surface area contributed by atoms with E-state index in [0.29, 0.717) is 12.5 Å². The maximum Gasteiger partial charge on any atom is 0.221 e. The Kier molecular flexibility index (Phi) is 7.43. The van der Waals surface area contributed by atoms with Crippen molar-refractivity contribution in [2.75, 3.05) is 38.1 Å². The van der Waals surface area contributed by atoms with Crippen LogP contribution in [0.25, 0.3) is 0 Å². The second-order valence-corrected chi connectivity index (χ2v) is 5.42. The average molecular weight is 294 g/mol. The van der Waals surface area contributed by atoms with E-state index < -0.39 is 0 Å². The largest absolute Gasteiger partial charge is 0.476 e. The Hall–Kier alpha value is -1.36. The summed E-state index contributed by atoms with van der Waals surface area (Å²) in [7, 11) is 0. The molecule has 0 bridgehead atoms. The molecule has 0 aliphatic carbocycles. The molecule has 1 aromatic heterocycles. The maximum atomic E-state index is 5.92. The normalized spacial score (nSPS) is 11.2. The highest BCUT2D eigenvalue weighted by atomic mass is 16.5. The molecule has 0 aliphatic heterocycles. The maximum absolute atomic E-state index is 5.92. The number of anilines is 1. The highest BCUT2D eigenvalue weighted by Gasteiger charge is 2.14. The van der Waals surface area contributed by atoms with Crippen LogP contribution >= 0.6 is 0 Å². The third-order valence-corrected chi connectivity index (χ3v) is 3.52. The van der Waals surface area contributed by atoms with Gasteiger partial charge in [-0.1, -0.05) is 27.7 Å². The van der Waals surface area contributed by atoms with Crippen molar-refractivity contribution in [2.45, 2.75) is 47.5 Å². The average Bonchev–Trinajstić information content (AvgIpc) is 2.47. The lowest BCUT2D eigenvalue weighted by molar-refractivity contribution is 0.216. The first kappa shape index (κ1) is 17.7. The fourth-order valence-electron chi connectivity index (χ4n) is 2.06. The number of aromatic nitrogens is 2. The fraction of sp³-hybridized carbons (Fsp3) is 0.750. The summed E-state index contributed by atoms with van der Waals surface area (Å²) in [5.41, 5.74) is 0.987. The molecule has 0 radical (unpaired) electrons. The molecular weight excluding hydrogens is 264 g/mol. The second-order valence-electron chi connectivity index (χ2n) is 5.42. The lowest BCUT2D eigenvalue weighted by Crippen LogP contribution is -2.28. The Morgan fingerprint density at radius 2 is 1.81 bits per heavy atom. The van der Waals surface area contributed by atoms with E-state index in [-0.39, 0.29) is 5.92 Å². The third-order valence-electron chi connectivity index (χ3n) is 3.52. The first-order chi connectivity index (χ1) is 10.0. The molecule has 0 amide bonds. The highest BCUT2D eigenvalue weighted by molar-refractivity contribution is 5.48. The first-order valence-electron chi connectivity index (χ1n) is 8.00. The van der Waals surface area contributed by atoms with Crippen molar-refractivity contribution in [1.82, 2.24) is 14.9 Å². The summed E-state index contributed by atoms with van der Waals surface area (Å²) < 4.78 is 5.92. The second kappa shape index (κ2) is 8.82. The zero-order valence-corrected chi connectivity index (χ0v) is 14.4. The van der Waals surface area contributed by atoms with E-state index in [2.05, 4.69) is 54.8 Å². The van der Waals surface area contributed by atoms with Gasteiger partial charge in [0.1, 0.15) is 18.2 Å². The molecule has 1 heterocycles. The minimum absolute atomic E-state index is 0.285. The Bertz CT molecular complexity index is 431. The third kappa shape index (κ3) is 5.16. The fourth-order valence-corrected chi connectivity index (χ4v) is 2.06. The van der Waals surface area contributed by atoms with Gasteiger partial charge in [0.05, 0.1) is 5.56 Å². The van der Waals surface area contributed by atoms with Crippen molar-refractivity contribution in [3.63, 3.8) is 0 Å². The van der Waals surface area contributed by atoms with Gasteiger partial charge >= 0.3 is 0 Å². The SMILES string of the molecule is CCNc1nc(C(C)C)nc(OCCN(CC)CC)c1C. The zero-order chi connectivity index (χ0) is 15.8. The molecule has 0 saturated carbocycles. The van der Waals surface area contributed by atoms with Crippen LogP contribution in [-0.4, -0.2) is 47.7 Å². The molecule has 120 valence electrons. The van der Waals surface area contributed by atoms with Crippen molar-refractivity contribution < 1.29 is 4.74 Å². The van der Waals surface area contributed by atoms with Crippen LogP contribution in [0, 0.1) is 6.92 Å². The van der Waals surface area contributed by atoms with Crippen molar-refractivity contribution in [1.29, 1.82) is 0 Å². The van der Waals surface area contributed by atoms with Crippen molar-refractivity contribution in [3.05, 3.63) is 11.4 Å². The number of hydrogen-bond donors (Lipinski definition) is 1. The van der Waals surface area contributed by atoms with Crippen LogP contribution < -0.4 is 10.1 Å². The van der Waals surface area contributed by atoms with Crippen molar-refractivity contribution in [2.24, 2.45) is 0 Å². The summed E-state index contributed by atoms with van der Waals surface area (Å²) in [6.07, 6.45) is 0. The number of ether oxygens (including phenoxy) is 1. The van der Waals surface area contributed by atoms with Gasteiger partial charge in [-0.3, -0.25) is 0 Å². The van der Waals surface area contributed by atoms with Gasteiger partial charge in [-0.05, 0) is 26.9 Å². The predicted octanol–water partition coefficient (Wildman–Crippen LogP) is 3.06. The number of nitrogens with one attached hydrogen (secondary N) is 1. The Morgan fingerprint density at radius 1 is 1.14 bits per heavy atom. The van der Waals surface area contributed by atoms with Gasteiger partial charge in [-0.25, -0.2) is 4.98 Å². The molecule has 1 rings (SSSR count). The molecule has 0 aliphatic rings. The Balaban J connectivity index is 2.84. The van der Waals surface area contributed by atoms with E-state index in [4.69, 9.17) is 4.74 Å². The Labute approximate surface area is 129 Å². The summed E-state index contributed by atoms with van der Waals surface area (Å²) in [4.78, 5) is 11.5. The van der Waals surface area contributed by atoms with Gasteiger partial charge in [0, 0.05) is 19.0 Å². The van der Waals surface area contributed by atoms with E-state index in [0.717, 1.165) is 43.4 Å². The van der Waals surface area contributed by atoms with Gasteiger partial charge in [0.2, 0.25) is 5.88 Å². The van der Waals surface area contributed by atoms with E-state index in [1.54, 1.807) is 0 Å². The summed E-state index contributed by atoms with van der Waals surface area (Å²) in [6, 6.07) is 0. The standard InChI is InChI=1S/C16H30N4O/c1-7-17-15-13(6)16(19-14(18-15)12(4)5)21-11-10-20(8-2)9-3/h12H,7-11H2,1-6H3,(H,17,18,19). The molecule has 5 heteroatoms. The van der Waals surface area contributed by atoms with E-state index in [9.17, 15) is 0 Å². The van der Waals surface area contributed by atoms with Crippen LogP contribution in [0.4, 0.5) is 5.82 Å². The molecule has 0 saturated heterocycles. The molecular formula is C16H30N4O. The topological polar surface area (TPSA) is 50.3 Å². The molecule has 0 spiro atoms. The van der Waals surface area contributed by atoms with Gasteiger partial charge < -0.3 is 15.0 Å². The molecule has 0 unspecified atom stereocenters. The summed E-state index contributed by atoms with van der Waals surface area (Å²) in [6.45, 7) is 17.1. The lowest BCUT2D eigenvalue weighted by Gasteiger charge is -2.19. The molecule has 1 aromatic rings. The molecule has 0 aromatic carbocycles. The van der Waals surface area contributed by atoms with Crippen LogP contribution in [0.2, 0.25) is 0 Å². The molecule has 1 N–H and O–H groups in total. The summed E-state index contributed by atoms with van der Waals surface area (Å²) >= 11 is 0. The van der Waals surface area contributed by atoms with Crippen LogP contribution in [0.1, 0.15) is 51.9 Å². The van der Waals surface area contributed by atoms with Gasteiger partial charge in [0.25, 0.3) is 0 Å². The first-order valence-corrected chi connectivity index (χ1v) is 8.00. The van der Waals surface area contributed by atoms with Gasteiger partial charge in [-0.15, -0.1) is 0 Å². The van der Waals surface area contributed by atoms with Crippen LogP contribution in [0.3, 0.4) is 0 Å². The molecule has 0 atom stereocenters. The number of likely N-dealkylation sites (N-methyl/N-ethyl adjacent to an activating group) is 1. The van der Waals surface area contributed by atoms with Crippen LogP contribution in [0.15, 0.2) is 0 Å². The molecule has 0 fully saturated rings. The summed E-state index contributed by atoms with van der Waals surface area (Å²) in [5, 5.41) is 3.29. The van der Waals surface area contributed by atoms with E-state index in [1.807, 2.05) is 6.92 Å². The quantitative estimate of drug-likeness (QED) is 0.758.